The molecule has 6 nitrogen and oxygen atoms in total. The summed E-state index contributed by atoms with van der Waals surface area (Å²) < 4.78 is 7.87. The van der Waals surface area contributed by atoms with E-state index in [2.05, 4.69) is 15.5 Å². The highest BCUT2D eigenvalue weighted by Gasteiger charge is 2.30. The molecule has 1 amide bonds. The molecule has 1 saturated carbocycles. The highest BCUT2D eigenvalue weighted by Crippen LogP contribution is 2.39. The molecule has 31 heavy (non-hydrogen) atoms. The number of ether oxygens (including phenoxy) is 1. The summed E-state index contributed by atoms with van der Waals surface area (Å²) in [4.78, 5) is 12.5. The molecule has 162 valence electrons. The molecule has 3 aromatic rings. The number of aromatic nitrogens is 3. The molecule has 1 aliphatic carbocycles. The third-order valence-electron chi connectivity index (χ3n) is 4.72. The van der Waals surface area contributed by atoms with Gasteiger partial charge >= 0.3 is 0 Å². The summed E-state index contributed by atoms with van der Waals surface area (Å²) in [7, 11) is 0. The second-order valence-electron chi connectivity index (χ2n) is 7.11. The monoisotopic (exact) mass is 496 g/mol. The topological polar surface area (TPSA) is 69.0 Å². The summed E-state index contributed by atoms with van der Waals surface area (Å²) >= 11 is 19.9. The maximum atomic E-state index is 12.5. The Balaban J connectivity index is 1.42. The fourth-order valence-corrected chi connectivity index (χ4v) is 4.46. The van der Waals surface area contributed by atoms with Crippen LogP contribution in [0.2, 0.25) is 15.1 Å². The first kappa shape index (κ1) is 22.3. The van der Waals surface area contributed by atoms with Crippen molar-refractivity contribution in [2.75, 3.05) is 11.1 Å². The number of halogens is 3. The van der Waals surface area contributed by atoms with E-state index in [9.17, 15) is 4.79 Å². The minimum Gasteiger partial charge on any atom is -0.484 e. The van der Waals surface area contributed by atoms with Crippen molar-refractivity contribution < 1.29 is 9.53 Å². The van der Waals surface area contributed by atoms with Gasteiger partial charge in [0.2, 0.25) is 5.91 Å². The lowest BCUT2D eigenvalue weighted by Gasteiger charge is -2.12. The van der Waals surface area contributed by atoms with Crippen molar-refractivity contribution in [3.63, 3.8) is 0 Å². The highest BCUT2D eigenvalue weighted by molar-refractivity contribution is 7.99. The van der Waals surface area contributed by atoms with Crippen molar-refractivity contribution in [2.24, 2.45) is 0 Å². The second kappa shape index (κ2) is 9.69. The van der Waals surface area contributed by atoms with E-state index in [0.29, 0.717) is 43.5 Å². The van der Waals surface area contributed by atoms with Gasteiger partial charge in [-0.15, -0.1) is 10.2 Å². The molecule has 1 aromatic heterocycles. The molecule has 1 N–H and O–H groups in total. The van der Waals surface area contributed by atoms with Crippen LogP contribution in [-0.4, -0.2) is 26.4 Å². The van der Waals surface area contributed by atoms with Crippen LogP contribution >= 0.6 is 46.6 Å². The average molecular weight is 498 g/mol. The maximum Gasteiger partial charge on any atom is 0.234 e. The van der Waals surface area contributed by atoms with Gasteiger partial charge in [0.05, 0.1) is 26.5 Å². The maximum absolute atomic E-state index is 12.5. The van der Waals surface area contributed by atoms with E-state index in [0.717, 1.165) is 18.4 Å². The number of carbonyl (C=O) groups excluding carboxylic acids is 1. The Morgan fingerprint density at radius 1 is 1.16 bits per heavy atom. The zero-order chi connectivity index (χ0) is 22.0. The van der Waals surface area contributed by atoms with Crippen LogP contribution in [0.1, 0.15) is 30.3 Å². The van der Waals surface area contributed by atoms with E-state index in [-0.39, 0.29) is 18.3 Å². The third-order valence-corrected chi connectivity index (χ3v) is 6.78. The minimum absolute atomic E-state index is 0.150. The molecule has 4 rings (SSSR count). The molecule has 0 aliphatic heterocycles. The number of anilines is 1. The van der Waals surface area contributed by atoms with Gasteiger partial charge in [0.15, 0.2) is 11.0 Å². The van der Waals surface area contributed by atoms with Gasteiger partial charge < -0.3 is 10.1 Å². The number of para-hydroxylation sites is 1. The molecule has 2 aromatic carbocycles. The molecule has 1 heterocycles. The number of nitrogens with zero attached hydrogens (tertiary/aromatic N) is 3. The van der Waals surface area contributed by atoms with Gasteiger partial charge in [-0.05, 0) is 43.5 Å². The van der Waals surface area contributed by atoms with Gasteiger partial charge in [-0.2, -0.15) is 0 Å². The predicted octanol–water partition coefficient (Wildman–Crippen LogP) is 6.19. The molecule has 10 heteroatoms. The lowest BCUT2D eigenvalue weighted by Crippen LogP contribution is -2.15. The van der Waals surface area contributed by atoms with Crippen molar-refractivity contribution in [3.05, 3.63) is 62.9 Å². The molecule has 0 atom stereocenters. The van der Waals surface area contributed by atoms with Crippen LogP contribution in [0.25, 0.3) is 0 Å². The van der Waals surface area contributed by atoms with E-state index in [4.69, 9.17) is 39.5 Å². The van der Waals surface area contributed by atoms with Crippen LogP contribution in [0.3, 0.4) is 0 Å². The number of hydrogen-bond acceptors (Lipinski definition) is 5. The predicted molar refractivity (Wildman–Crippen MR) is 125 cm³/mol. The molecule has 0 bridgehead atoms. The first-order chi connectivity index (χ1) is 14.9. The molecular weight excluding hydrogens is 479 g/mol. The number of rotatable bonds is 8. The van der Waals surface area contributed by atoms with E-state index in [1.54, 1.807) is 18.2 Å². The molecule has 0 unspecified atom stereocenters. The van der Waals surface area contributed by atoms with Gasteiger partial charge in [-0.3, -0.25) is 9.36 Å². The first-order valence-electron chi connectivity index (χ1n) is 9.62. The lowest BCUT2D eigenvalue weighted by molar-refractivity contribution is -0.113. The van der Waals surface area contributed by atoms with Gasteiger partial charge in [0, 0.05) is 6.04 Å². The zero-order valence-corrected chi connectivity index (χ0v) is 19.7. The van der Waals surface area contributed by atoms with Crippen molar-refractivity contribution in [2.45, 2.75) is 37.6 Å². The van der Waals surface area contributed by atoms with Crippen LogP contribution < -0.4 is 10.1 Å². The molecule has 0 radical (unpaired) electrons. The number of thioether (sulfide) groups is 1. The Kier molecular flexibility index (Phi) is 6.96. The summed E-state index contributed by atoms with van der Waals surface area (Å²) in [5.74, 6) is 1.22. The van der Waals surface area contributed by atoms with Gasteiger partial charge in [-0.1, -0.05) is 64.8 Å². The number of carbonyl (C=O) groups is 1. The second-order valence-corrected chi connectivity index (χ2v) is 9.24. The Morgan fingerprint density at radius 3 is 2.68 bits per heavy atom. The average Bonchev–Trinajstić information content (AvgIpc) is 3.52. The van der Waals surface area contributed by atoms with Gasteiger partial charge in [0.1, 0.15) is 12.4 Å². The molecule has 1 fully saturated rings. The molecule has 1 aliphatic rings. The quantitative estimate of drug-likeness (QED) is 0.376. The first-order valence-corrected chi connectivity index (χ1v) is 11.7. The molecule has 0 spiro atoms. The summed E-state index contributed by atoms with van der Waals surface area (Å²) in [5, 5.41) is 13.4. The van der Waals surface area contributed by atoms with Crippen LogP contribution in [0.4, 0.5) is 5.69 Å². The van der Waals surface area contributed by atoms with Crippen molar-refractivity contribution in [1.82, 2.24) is 14.8 Å². The van der Waals surface area contributed by atoms with Gasteiger partial charge in [-0.25, -0.2) is 0 Å². The lowest BCUT2D eigenvalue weighted by atomic mass is 10.2. The normalized spacial score (nSPS) is 13.3. The van der Waals surface area contributed by atoms with E-state index >= 15 is 0 Å². The van der Waals surface area contributed by atoms with Crippen molar-refractivity contribution in [3.8, 4) is 5.75 Å². The standard InChI is InChI=1S/C21H19Cl3N4O2S/c1-12-6-9-15(23)20(19(12)24)25-18(29)11-31-21-27-26-17(28(21)13-7-8-13)10-30-16-5-3-2-4-14(16)22/h2-6,9,13H,7-8,10-11H2,1H3,(H,25,29). The van der Waals surface area contributed by atoms with Crippen molar-refractivity contribution >= 4 is 58.2 Å². The summed E-state index contributed by atoms with van der Waals surface area (Å²) in [6.07, 6.45) is 2.09. The van der Waals surface area contributed by atoms with Gasteiger partial charge in [0.25, 0.3) is 0 Å². The number of nitrogens with one attached hydrogen (secondary N) is 1. The fraction of sp³-hybridized carbons (Fsp3) is 0.286. The molecular formula is C21H19Cl3N4O2S. The van der Waals surface area contributed by atoms with E-state index in [1.807, 2.05) is 29.7 Å². The summed E-state index contributed by atoms with van der Waals surface area (Å²) in [6.45, 7) is 2.10. The Hall–Kier alpha value is -1.93. The highest BCUT2D eigenvalue weighted by atomic mass is 35.5. The van der Waals surface area contributed by atoms with Crippen LogP contribution in [0.15, 0.2) is 41.6 Å². The summed E-state index contributed by atoms with van der Waals surface area (Å²) in [5.41, 5.74) is 1.26. The van der Waals surface area contributed by atoms with E-state index in [1.165, 1.54) is 11.8 Å². The van der Waals surface area contributed by atoms with Crippen LogP contribution in [-0.2, 0) is 11.4 Å². The third kappa shape index (κ3) is 5.29. The number of benzene rings is 2. The minimum atomic E-state index is -0.224. The SMILES string of the molecule is Cc1ccc(Cl)c(NC(=O)CSc2nnc(COc3ccccc3Cl)n2C2CC2)c1Cl. The summed E-state index contributed by atoms with van der Waals surface area (Å²) in [6, 6.07) is 11.1. The van der Waals surface area contributed by atoms with Crippen LogP contribution in [0.5, 0.6) is 5.75 Å². The number of amides is 1. The fourth-order valence-electron chi connectivity index (χ4n) is 2.98. The Bertz CT molecular complexity index is 1120. The number of aryl methyl sites for hydroxylation is 1. The van der Waals surface area contributed by atoms with Crippen LogP contribution in [0, 0.1) is 6.92 Å². The number of hydrogen-bond donors (Lipinski definition) is 1. The Labute approximate surface area is 199 Å². The van der Waals surface area contributed by atoms with Crippen molar-refractivity contribution in [1.29, 1.82) is 0 Å². The van der Waals surface area contributed by atoms with E-state index < -0.39 is 0 Å². The smallest absolute Gasteiger partial charge is 0.234 e. The molecule has 0 saturated heterocycles. The largest absolute Gasteiger partial charge is 0.484 e. The Morgan fingerprint density at radius 2 is 1.94 bits per heavy atom. The zero-order valence-electron chi connectivity index (χ0n) is 16.6.